The third kappa shape index (κ3) is 2.57. The average molecular weight is 358 g/mol. The van der Waals surface area contributed by atoms with Crippen LogP contribution < -0.4 is 0 Å². The minimum atomic E-state index is -0.682. The molecule has 0 aromatic rings. The first-order valence-electron chi connectivity index (χ1n) is 5.31. The molecule has 1 N–H and O–H groups in total. The van der Waals surface area contributed by atoms with E-state index in [1.54, 1.807) is 0 Å². The average Bonchev–Trinajstić information content (AvgIpc) is 2.51. The maximum absolute atomic E-state index is 9.99. The number of fused-ring (bicyclic) bond motifs is 1. The van der Waals surface area contributed by atoms with E-state index in [1.165, 1.54) is 0 Å². The fourth-order valence-electron chi connectivity index (χ4n) is 2.12. The Labute approximate surface area is 112 Å². The van der Waals surface area contributed by atoms with Gasteiger partial charge in [0.2, 0.25) is 0 Å². The van der Waals surface area contributed by atoms with Crippen LogP contribution in [0.15, 0.2) is 0 Å². The molecule has 2 heterocycles. The number of halogens is 1. The van der Waals surface area contributed by atoms with Crippen LogP contribution in [0.25, 0.3) is 0 Å². The van der Waals surface area contributed by atoms with Crippen molar-refractivity contribution in [3.05, 3.63) is 0 Å². The molecule has 0 bridgehead atoms. The van der Waals surface area contributed by atoms with Gasteiger partial charge in [0, 0.05) is 0 Å². The van der Waals surface area contributed by atoms with Crippen molar-refractivity contribution in [2.75, 3.05) is 0 Å². The highest BCUT2D eigenvalue weighted by Gasteiger charge is 2.53. The summed E-state index contributed by atoms with van der Waals surface area (Å²) in [6.07, 6.45) is -2.05. The van der Waals surface area contributed by atoms with Gasteiger partial charge in [-0.1, -0.05) is 0 Å². The lowest BCUT2D eigenvalue weighted by Gasteiger charge is -2.38. The Hall–Kier alpha value is 1.06. The summed E-state index contributed by atoms with van der Waals surface area (Å²) in [5.74, 6) is -0.682. The third-order valence-corrected chi connectivity index (χ3v) is 4.36. The second kappa shape index (κ2) is 4.98. The molecule has 2 unspecified atom stereocenters. The molecule has 92 valence electrons. The van der Waals surface area contributed by atoms with Crippen LogP contribution in [-0.4, -0.2) is 53.9 Å². The Kier molecular flexibility index (Phi) is 4.20. The number of hydrogen-bond donors (Lipinski definition) is 1. The molecule has 5 atom stereocenters. The first kappa shape index (κ1) is 13.5. The molecule has 2 saturated heterocycles. The van der Waals surface area contributed by atoms with Crippen LogP contribution in [0.5, 0.6) is 0 Å². The van der Waals surface area contributed by atoms with Gasteiger partial charge < -0.3 is 23.1 Å². The number of hydrogen-bond acceptors (Lipinski definition) is 5. The molecule has 7 heteroatoms. The van der Waals surface area contributed by atoms with Gasteiger partial charge in [0.1, 0.15) is 18.3 Å². The summed E-state index contributed by atoms with van der Waals surface area (Å²) < 4.78 is 22.6. The highest BCUT2D eigenvalue weighted by atomic mass is 127. The lowest BCUT2D eigenvalue weighted by molar-refractivity contribution is -0.241. The molecule has 0 amide bonds. The van der Waals surface area contributed by atoms with E-state index in [9.17, 15) is 5.11 Å². The number of aliphatic hydroxyl groups excluding tert-OH is 1. The molecule has 2 fully saturated rings. The molecule has 0 spiro atoms. The summed E-state index contributed by atoms with van der Waals surface area (Å²) in [6, 6.07) is 0. The van der Waals surface area contributed by atoms with Gasteiger partial charge in [0.15, 0.2) is 12.1 Å². The standard InChI is InChI=1S/C9H15O5.Al.HI.H/c1-4-5(10)6-7(8(11)12-4)14-9(2,3)13-6;;;/h4-8,10H,1-3H3;;1H;/q-1;+2;;/p-1/t4?,5-,6-,7?,8+;;;/m0.../s1. The molecule has 0 aromatic carbocycles. The monoisotopic (exact) mass is 358 g/mol. The van der Waals surface area contributed by atoms with E-state index >= 15 is 0 Å². The van der Waals surface area contributed by atoms with Gasteiger partial charge in [-0.3, -0.25) is 0 Å². The maximum atomic E-state index is 9.99. The number of ether oxygens (including phenoxy) is 3. The minimum Gasteiger partial charge on any atom is -0.470 e. The van der Waals surface area contributed by atoms with E-state index in [2.05, 4.69) is 20.3 Å². The second-order valence-corrected chi connectivity index (χ2v) is 6.96. The van der Waals surface area contributed by atoms with Crippen molar-refractivity contribution < 1.29 is 23.1 Å². The second-order valence-electron chi connectivity index (χ2n) is 4.54. The zero-order chi connectivity index (χ0) is 11.9. The van der Waals surface area contributed by atoms with Gasteiger partial charge in [-0.15, -0.1) is 0 Å². The normalized spacial score (nSPS) is 46.4. The maximum Gasteiger partial charge on any atom is 0.527 e. The van der Waals surface area contributed by atoms with Crippen molar-refractivity contribution in [1.29, 1.82) is 0 Å². The Balaban J connectivity index is 2.15. The highest BCUT2D eigenvalue weighted by Crippen LogP contribution is 2.37. The van der Waals surface area contributed by atoms with Crippen molar-refractivity contribution in [2.45, 2.75) is 57.3 Å². The predicted octanol–water partition coefficient (Wildman–Crippen LogP) is 0.330. The van der Waals surface area contributed by atoms with Gasteiger partial charge in [-0.2, -0.15) is 20.3 Å². The molecular formula is C9H16AlIO5. The fourth-order valence-corrected chi connectivity index (χ4v) is 3.58. The molecular weight excluding hydrogens is 342 g/mol. The number of rotatable bonds is 2. The molecule has 16 heavy (non-hydrogen) atoms. The first-order valence-corrected chi connectivity index (χ1v) is 11.0. The summed E-state index contributed by atoms with van der Waals surface area (Å²) in [5, 5.41) is 9.99. The van der Waals surface area contributed by atoms with Crippen molar-refractivity contribution >= 4 is 32.5 Å². The Bertz CT molecular complexity index is 264. The smallest absolute Gasteiger partial charge is 0.470 e. The van der Waals surface area contributed by atoms with E-state index in [1.807, 2.05) is 20.8 Å². The summed E-state index contributed by atoms with van der Waals surface area (Å²) in [6.45, 7) is 5.49. The van der Waals surface area contributed by atoms with Crippen LogP contribution in [0.1, 0.15) is 20.8 Å². The van der Waals surface area contributed by atoms with Crippen LogP contribution in [0.2, 0.25) is 0 Å². The predicted molar refractivity (Wildman–Crippen MR) is 66.4 cm³/mol. The zero-order valence-electron chi connectivity index (χ0n) is 9.55. The molecule has 2 rings (SSSR count). The van der Waals surface area contributed by atoms with Crippen LogP contribution in [0.3, 0.4) is 0 Å². The van der Waals surface area contributed by atoms with Crippen molar-refractivity contribution in [2.24, 2.45) is 0 Å². The Morgan fingerprint density at radius 2 is 1.94 bits per heavy atom. The first-order chi connectivity index (χ1) is 7.44. The van der Waals surface area contributed by atoms with E-state index < -0.39 is 30.5 Å². The van der Waals surface area contributed by atoms with Crippen molar-refractivity contribution in [3.8, 4) is 0 Å². The summed E-state index contributed by atoms with van der Waals surface area (Å²) in [4.78, 5) is 0. The summed E-state index contributed by atoms with van der Waals surface area (Å²) >= 11 is 1.63. The molecule has 2 aliphatic heterocycles. The quantitative estimate of drug-likeness (QED) is 0.570. The van der Waals surface area contributed by atoms with E-state index in [4.69, 9.17) is 18.0 Å². The summed E-state index contributed by atoms with van der Waals surface area (Å²) in [7, 11) is 0. The van der Waals surface area contributed by atoms with Gasteiger partial charge in [0.25, 0.3) is 0 Å². The van der Waals surface area contributed by atoms with Gasteiger partial charge in [0.05, 0.1) is 6.10 Å². The summed E-state index contributed by atoms with van der Waals surface area (Å²) in [5.41, 5.74) is 0. The fraction of sp³-hybridized carbons (Fsp3) is 1.00. The Morgan fingerprint density at radius 3 is 2.56 bits per heavy atom. The van der Waals surface area contributed by atoms with Gasteiger partial charge in [-0.25, -0.2) is 0 Å². The molecule has 5 nitrogen and oxygen atoms in total. The Morgan fingerprint density at radius 1 is 1.31 bits per heavy atom. The highest BCUT2D eigenvalue weighted by molar-refractivity contribution is 14.1. The van der Waals surface area contributed by atoms with Crippen LogP contribution >= 0.6 is 20.3 Å². The van der Waals surface area contributed by atoms with Crippen molar-refractivity contribution in [1.82, 2.24) is 0 Å². The SMILES string of the molecule is CC1O[C@@H]([O][AlH][I])C2OC(C)(C)O[C@H]2[C@H]1O. The topological polar surface area (TPSA) is 57.2 Å². The van der Waals surface area contributed by atoms with Crippen LogP contribution in [0, 0.1) is 0 Å². The minimum absolute atomic E-state index is 0.291. The van der Waals surface area contributed by atoms with Crippen LogP contribution in [0.4, 0.5) is 0 Å². The van der Waals surface area contributed by atoms with Gasteiger partial charge >= 0.3 is 12.3 Å². The largest absolute Gasteiger partial charge is 0.527 e. The van der Waals surface area contributed by atoms with E-state index in [0.717, 1.165) is 0 Å². The van der Waals surface area contributed by atoms with E-state index in [-0.39, 0.29) is 18.3 Å². The lowest BCUT2D eigenvalue weighted by Crippen LogP contribution is -2.56. The van der Waals surface area contributed by atoms with Crippen molar-refractivity contribution in [3.63, 3.8) is 0 Å². The van der Waals surface area contributed by atoms with Crippen LogP contribution in [-0.2, 0) is 18.0 Å². The van der Waals surface area contributed by atoms with E-state index in [0.29, 0.717) is 0 Å². The molecule has 0 radical (unpaired) electrons. The lowest BCUT2D eigenvalue weighted by atomic mass is 10.0. The molecule has 0 aromatic heterocycles. The molecule has 0 saturated carbocycles. The molecule has 2 aliphatic rings. The number of aliphatic hydroxyl groups is 1. The van der Waals surface area contributed by atoms with Gasteiger partial charge in [-0.05, 0) is 20.8 Å². The zero-order valence-corrected chi connectivity index (χ0v) is 13.1. The molecule has 0 aliphatic carbocycles. The third-order valence-electron chi connectivity index (χ3n) is 2.83.